The third kappa shape index (κ3) is 3.89. The van der Waals surface area contributed by atoms with Crippen molar-refractivity contribution in [3.05, 3.63) is 41.2 Å². The van der Waals surface area contributed by atoms with E-state index in [1.807, 2.05) is 37.3 Å². The third-order valence-corrected chi connectivity index (χ3v) is 4.12. The van der Waals surface area contributed by atoms with Gasteiger partial charge in [0.2, 0.25) is 0 Å². The van der Waals surface area contributed by atoms with Crippen molar-refractivity contribution in [1.82, 2.24) is 9.97 Å². The molecule has 2 aromatic rings. The summed E-state index contributed by atoms with van der Waals surface area (Å²) in [6, 6.07) is 9.67. The number of benzene rings is 1. The maximum Gasteiger partial charge on any atom is 0.136 e. The summed E-state index contributed by atoms with van der Waals surface area (Å²) in [6.07, 6.45) is 5.11. The predicted octanol–water partition coefficient (Wildman–Crippen LogP) is 4.56. The summed E-state index contributed by atoms with van der Waals surface area (Å²) in [4.78, 5) is 11.5. The van der Waals surface area contributed by atoms with Crippen LogP contribution in [0.5, 0.6) is 0 Å². The molecule has 1 N–H and O–H groups in total. The summed E-state index contributed by atoms with van der Waals surface area (Å²) >= 11 is 5.92. The summed E-state index contributed by atoms with van der Waals surface area (Å²) in [5, 5.41) is 4.06. The fraction of sp³-hybridized carbons (Fsp3) is 0.412. The van der Waals surface area contributed by atoms with Crippen molar-refractivity contribution in [2.45, 2.75) is 32.6 Å². The monoisotopic (exact) mass is 316 g/mol. The fourth-order valence-electron chi connectivity index (χ4n) is 2.76. The van der Waals surface area contributed by atoms with E-state index < -0.39 is 0 Å². The predicted molar refractivity (Wildman–Crippen MR) is 92.2 cm³/mol. The summed E-state index contributed by atoms with van der Waals surface area (Å²) in [7, 11) is 0. The van der Waals surface area contributed by atoms with Crippen LogP contribution < -0.4 is 10.2 Å². The number of rotatable bonds is 3. The first-order valence-corrected chi connectivity index (χ1v) is 8.22. The van der Waals surface area contributed by atoms with Crippen molar-refractivity contribution >= 4 is 28.9 Å². The van der Waals surface area contributed by atoms with Gasteiger partial charge in [-0.15, -0.1) is 0 Å². The highest BCUT2D eigenvalue weighted by Crippen LogP contribution is 2.23. The maximum absolute atomic E-state index is 5.92. The number of aryl methyl sites for hydroxylation is 1. The lowest BCUT2D eigenvalue weighted by Crippen LogP contribution is -2.25. The van der Waals surface area contributed by atoms with Gasteiger partial charge in [0.1, 0.15) is 17.5 Å². The van der Waals surface area contributed by atoms with E-state index in [4.69, 9.17) is 11.6 Å². The Balaban J connectivity index is 1.81. The summed E-state index contributed by atoms with van der Waals surface area (Å²) in [5.41, 5.74) is 0.976. The minimum atomic E-state index is 0.731. The molecule has 1 fully saturated rings. The summed E-state index contributed by atoms with van der Waals surface area (Å²) < 4.78 is 0. The van der Waals surface area contributed by atoms with E-state index in [0.29, 0.717) is 0 Å². The molecule has 0 aliphatic carbocycles. The third-order valence-electron chi connectivity index (χ3n) is 3.87. The van der Waals surface area contributed by atoms with Crippen LogP contribution >= 0.6 is 11.6 Å². The van der Waals surface area contributed by atoms with E-state index in [1.165, 1.54) is 25.7 Å². The minimum Gasteiger partial charge on any atom is -0.356 e. The van der Waals surface area contributed by atoms with E-state index in [-0.39, 0.29) is 0 Å². The molecule has 116 valence electrons. The Morgan fingerprint density at radius 2 is 1.68 bits per heavy atom. The van der Waals surface area contributed by atoms with E-state index in [1.54, 1.807) is 0 Å². The van der Waals surface area contributed by atoms with Gasteiger partial charge in [-0.05, 0) is 44.0 Å². The molecule has 1 aliphatic heterocycles. The van der Waals surface area contributed by atoms with E-state index in [2.05, 4.69) is 20.2 Å². The van der Waals surface area contributed by atoms with Crippen LogP contribution in [0.25, 0.3) is 0 Å². The zero-order chi connectivity index (χ0) is 15.4. The number of nitrogens with zero attached hydrogens (tertiary/aromatic N) is 3. The van der Waals surface area contributed by atoms with Crippen LogP contribution in [-0.4, -0.2) is 23.1 Å². The van der Waals surface area contributed by atoms with Crippen molar-refractivity contribution in [2.24, 2.45) is 0 Å². The SMILES string of the molecule is Cc1nc(Nc2ccc(Cl)cc2)cc(N2CCCCCC2)n1. The Labute approximate surface area is 136 Å². The lowest BCUT2D eigenvalue weighted by atomic mass is 10.2. The Morgan fingerprint density at radius 1 is 1.00 bits per heavy atom. The van der Waals surface area contributed by atoms with Gasteiger partial charge >= 0.3 is 0 Å². The van der Waals surface area contributed by atoms with Gasteiger partial charge < -0.3 is 10.2 Å². The number of aromatic nitrogens is 2. The number of hydrogen-bond acceptors (Lipinski definition) is 4. The first-order chi connectivity index (χ1) is 10.7. The molecule has 0 radical (unpaired) electrons. The highest BCUT2D eigenvalue weighted by Gasteiger charge is 2.13. The van der Waals surface area contributed by atoms with Crippen LogP contribution in [0.15, 0.2) is 30.3 Å². The lowest BCUT2D eigenvalue weighted by molar-refractivity contribution is 0.726. The molecular formula is C17H21ClN4. The molecule has 1 aromatic carbocycles. The van der Waals surface area contributed by atoms with E-state index >= 15 is 0 Å². The normalized spacial score (nSPS) is 15.5. The molecule has 1 saturated heterocycles. The van der Waals surface area contributed by atoms with Gasteiger partial charge in [0, 0.05) is 29.9 Å². The molecule has 1 aromatic heterocycles. The molecule has 2 heterocycles. The van der Waals surface area contributed by atoms with Crippen LogP contribution in [0.2, 0.25) is 5.02 Å². The highest BCUT2D eigenvalue weighted by atomic mass is 35.5. The van der Waals surface area contributed by atoms with Crippen LogP contribution in [-0.2, 0) is 0 Å². The smallest absolute Gasteiger partial charge is 0.136 e. The fourth-order valence-corrected chi connectivity index (χ4v) is 2.88. The van der Waals surface area contributed by atoms with E-state index in [9.17, 15) is 0 Å². The van der Waals surface area contributed by atoms with Gasteiger partial charge in [0.15, 0.2) is 0 Å². The zero-order valence-electron chi connectivity index (χ0n) is 12.8. The summed E-state index contributed by atoms with van der Waals surface area (Å²) in [6.45, 7) is 4.10. The van der Waals surface area contributed by atoms with Crippen molar-refractivity contribution < 1.29 is 0 Å². The Bertz CT molecular complexity index is 619. The molecule has 22 heavy (non-hydrogen) atoms. The average molecular weight is 317 g/mol. The maximum atomic E-state index is 5.92. The molecule has 0 bridgehead atoms. The first-order valence-electron chi connectivity index (χ1n) is 7.84. The van der Waals surface area contributed by atoms with Crippen molar-refractivity contribution in [2.75, 3.05) is 23.3 Å². The highest BCUT2D eigenvalue weighted by molar-refractivity contribution is 6.30. The van der Waals surface area contributed by atoms with Crippen molar-refractivity contribution in [3.63, 3.8) is 0 Å². The number of halogens is 1. The molecule has 0 saturated carbocycles. The lowest BCUT2D eigenvalue weighted by Gasteiger charge is -2.22. The van der Waals surface area contributed by atoms with E-state index in [0.717, 1.165) is 41.3 Å². The standard InChI is InChI=1S/C17H21ClN4/c1-13-19-16(21-15-8-6-14(18)7-9-15)12-17(20-13)22-10-4-2-3-5-11-22/h6-9,12H,2-5,10-11H2,1H3,(H,19,20,21). The summed E-state index contributed by atoms with van der Waals surface area (Å²) in [5.74, 6) is 2.64. The topological polar surface area (TPSA) is 41.1 Å². The average Bonchev–Trinajstić information content (AvgIpc) is 2.78. The molecule has 4 nitrogen and oxygen atoms in total. The van der Waals surface area contributed by atoms with Gasteiger partial charge in [-0.2, -0.15) is 0 Å². The Hall–Kier alpha value is -1.81. The Morgan fingerprint density at radius 3 is 2.36 bits per heavy atom. The van der Waals surface area contributed by atoms with Gasteiger partial charge in [-0.25, -0.2) is 9.97 Å². The second kappa shape index (κ2) is 6.97. The largest absolute Gasteiger partial charge is 0.356 e. The molecule has 1 aliphatic rings. The van der Waals surface area contributed by atoms with Gasteiger partial charge in [-0.1, -0.05) is 24.4 Å². The van der Waals surface area contributed by atoms with Gasteiger partial charge in [0.25, 0.3) is 0 Å². The van der Waals surface area contributed by atoms with Crippen molar-refractivity contribution in [1.29, 1.82) is 0 Å². The molecule has 5 heteroatoms. The number of nitrogens with one attached hydrogen (secondary N) is 1. The first kappa shape index (κ1) is 15.1. The van der Waals surface area contributed by atoms with Crippen molar-refractivity contribution in [3.8, 4) is 0 Å². The second-order valence-electron chi connectivity index (χ2n) is 5.69. The number of hydrogen-bond donors (Lipinski definition) is 1. The quantitative estimate of drug-likeness (QED) is 0.901. The second-order valence-corrected chi connectivity index (χ2v) is 6.13. The molecular weight excluding hydrogens is 296 g/mol. The van der Waals surface area contributed by atoms with Crippen LogP contribution in [0, 0.1) is 6.92 Å². The van der Waals surface area contributed by atoms with Gasteiger partial charge in [-0.3, -0.25) is 0 Å². The zero-order valence-corrected chi connectivity index (χ0v) is 13.6. The number of anilines is 3. The minimum absolute atomic E-state index is 0.731. The molecule has 0 unspecified atom stereocenters. The molecule has 0 amide bonds. The van der Waals surface area contributed by atoms with Crippen LogP contribution in [0.3, 0.4) is 0 Å². The molecule has 0 atom stereocenters. The van der Waals surface area contributed by atoms with Crippen LogP contribution in [0.4, 0.5) is 17.3 Å². The molecule has 0 spiro atoms. The van der Waals surface area contributed by atoms with Crippen LogP contribution in [0.1, 0.15) is 31.5 Å². The Kier molecular flexibility index (Phi) is 4.78. The van der Waals surface area contributed by atoms with Gasteiger partial charge in [0.05, 0.1) is 0 Å². The molecule has 3 rings (SSSR count).